The van der Waals surface area contributed by atoms with Crippen molar-refractivity contribution >= 4 is 179 Å². The Labute approximate surface area is 867 Å². The van der Waals surface area contributed by atoms with Crippen molar-refractivity contribution in [1.29, 1.82) is 0 Å². The SMILES string of the molecule is Cc1cn(C2CO[C@H](COP(=O)(S)OC3CC(n4cc(C)c(=O)[nH]c4=O)O[C@@H]3CCCCCCOP(=O)(S)OC3C[C@H](n4cc(C)c(N)nc4=O)O[C@@H]3COP(=O)(S)O[C@@H]3CC(n4cnc5c(N)ncnc54)O[C@@H]3COP(=O)(S)OC3C[C@H](n4cc(C)c(=O)[nH]c4=O)O[C@@H]3CO)[C@@H]2OP(=O)(S)OC[C@H]2O[C@@H](n3cc(C)c(=O)[nH]c3=O)CC2OP(=O)(S)OC[C@H]2O[C@@H](n3cnc4c(N)ncnc43)CC2O[PH](=O)S)c(=O)nc1N. The highest BCUT2D eigenvalue weighted by Crippen LogP contribution is 2.64. The van der Waals surface area contributed by atoms with Gasteiger partial charge < -0.3 is 70.2 Å². The molecule has 9 aromatic rings. The number of aliphatic hydroxyl groups excluding tert-OH is 1. The van der Waals surface area contributed by atoms with Crippen LogP contribution in [0, 0.1) is 34.6 Å². The summed E-state index contributed by atoms with van der Waals surface area (Å²) in [6.07, 6.45) is -12.7. The Morgan fingerprint density at radius 2 is 0.721 bits per heavy atom. The van der Waals surface area contributed by atoms with Gasteiger partial charge in [-0.25, -0.2) is 81.3 Å². The van der Waals surface area contributed by atoms with Gasteiger partial charge in [-0.3, -0.25) is 116 Å². The number of imidazole rings is 2. The lowest BCUT2D eigenvalue weighted by molar-refractivity contribution is -0.0511. The van der Waals surface area contributed by atoms with Crippen LogP contribution < -0.4 is 68.1 Å². The zero-order valence-corrected chi connectivity index (χ0v) is 90.5. The van der Waals surface area contributed by atoms with Crippen LogP contribution in [0.15, 0.2) is 94.6 Å². The maximum atomic E-state index is 14.9. The topological polar surface area (TPSA) is 750 Å². The van der Waals surface area contributed by atoms with Crippen LogP contribution in [0.3, 0.4) is 0 Å². The van der Waals surface area contributed by atoms with Gasteiger partial charge in [0.25, 0.3) is 16.7 Å². The molecule has 58 nitrogen and oxygen atoms in total. The summed E-state index contributed by atoms with van der Waals surface area (Å²) in [6, 6.07) is -1.26. The van der Waals surface area contributed by atoms with Crippen LogP contribution in [0.1, 0.15) is 142 Å². The molecule has 16 rings (SSSR count). The standard InChI is InChI=1S/C75H103N22O36P7S7/c1-34-18-91(71(102)86-62(34)76)39-24-114-52(61(39)133-140(113,147)119-28-50-45(16-56(125-50)95-22-38(5)70(101)90-75(95)106)131-137(110,144)116-25-48-41(127-134(107)141)12-57(123-48)96-32-84-59-64(78)80-30-82-66(59)96)29-120-139(112,146)128-42-13-53(93-20-36(3)68(99)88-73(93)104)121-40(42)10-8-6-7-9-11-115-135(108,142)130-44-15-55(92-19-35(2)63(77)87-72(92)103)124-49(44)26-118-138(111,145)132-46-17-58(97-33-85-60-65(79)81-31-83-67(60)97)126-51(46)27-117-136(109,143)129-43-14-54(122-47(43)23-98)94-21-37(4)69(100)89-74(94)105/h18-22,30-33,39-58,61,98,134H,6-17,23-29H2,1-5H3,(H,107,141)(H,108,142)(H,109,143)(H,110,144)(H,111,145)(H,112,146)(H,113,147)(H2,76,86,102)(H2,77,87,103)(H2,78,80,82)(H2,79,81,83)(H,88,99,104)(H,89,100,105)(H,90,101,106)/t39?,40-,41?,42?,43?,44?,45?,46-,47-,48-,49-,50-,51-,52-,53?,54-,55-,56-,57-,58?,61-,135?,136?,137?,138?,139?,140?/m1/s1. The maximum absolute atomic E-state index is 14.9. The van der Waals surface area contributed by atoms with Gasteiger partial charge in [0.1, 0.15) is 140 Å². The molecule has 7 fully saturated rings. The molecule has 15 unspecified atom stereocenters. The molecule has 7 aliphatic rings. The van der Waals surface area contributed by atoms with E-state index in [0.29, 0.717) is 30.4 Å². The molecule has 0 amide bonds. The van der Waals surface area contributed by atoms with E-state index in [1.54, 1.807) is 13.8 Å². The van der Waals surface area contributed by atoms with Crippen molar-refractivity contribution in [2.45, 2.75) is 234 Å². The van der Waals surface area contributed by atoms with Gasteiger partial charge in [-0.1, -0.05) is 105 Å². The van der Waals surface area contributed by atoms with Crippen molar-refractivity contribution in [3.05, 3.63) is 168 Å². The molecule has 0 saturated carbocycles. The molecule has 0 bridgehead atoms. The van der Waals surface area contributed by atoms with Gasteiger partial charge in [0.15, 0.2) is 22.9 Å². The van der Waals surface area contributed by atoms with Crippen LogP contribution in [-0.4, -0.2) is 230 Å². The molecule has 72 heteroatoms. The quantitative estimate of drug-likeness (QED) is 0.0108. The first kappa shape index (κ1) is 113. The number of aromatic nitrogens is 18. The smallest absolute Gasteiger partial charge is 0.386 e. The number of hydrogen-bond acceptors (Lipinski definition) is 48. The van der Waals surface area contributed by atoms with Crippen molar-refractivity contribution < 1.29 is 129 Å². The molecule has 9 aromatic heterocycles. The number of aryl methyl sites for hydroxylation is 5. The number of H-pyrrole nitrogens is 3. The largest absolute Gasteiger partial charge is 0.394 e. The number of ether oxygens (including phenoxy) is 7. The number of hydrogen-bond donors (Lipinski definition) is 15. The number of anilines is 4. The van der Waals surface area contributed by atoms with Gasteiger partial charge in [0.2, 0.25) is 7.23 Å². The summed E-state index contributed by atoms with van der Waals surface area (Å²) in [5.74, 6) is -0.103. The normalized spacial score (nSPS) is 29.1. The van der Waals surface area contributed by atoms with Crippen LogP contribution in [-0.2, 0) is 124 Å². The van der Waals surface area contributed by atoms with Gasteiger partial charge in [-0.05, 0) is 47.5 Å². The van der Waals surface area contributed by atoms with E-state index in [1.165, 1.54) is 86.2 Å². The lowest BCUT2D eigenvalue weighted by atomic mass is 10.0. The number of rotatable bonds is 45. The second-order valence-corrected chi connectivity index (χ2v) is 54.1. The molecule has 147 heavy (non-hydrogen) atoms. The monoisotopic (exact) mass is 2330 g/mol. The van der Waals surface area contributed by atoms with E-state index in [1.807, 2.05) is 0 Å². The molecule has 0 aromatic carbocycles. The minimum atomic E-state index is -4.87. The number of thiol groups is 7. The van der Waals surface area contributed by atoms with Crippen molar-refractivity contribution in [2.24, 2.45) is 0 Å². The molecule has 16 heterocycles. The van der Waals surface area contributed by atoms with E-state index in [2.05, 4.69) is 141 Å². The molecule has 0 aliphatic carbocycles. The van der Waals surface area contributed by atoms with Crippen molar-refractivity contribution in [2.75, 3.05) is 75.8 Å². The molecule has 28 atom stereocenters. The lowest BCUT2D eigenvalue weighted by Gasteiger charge is -2.28. The fourth-order valence-corrected chi connectivity index (χ4v) is 27.5. The van der Waals surface area contributed by atoms with Gasteiger partial charge in [-0.2, -0.15) is 9.97 Å². The molecular formula is C75H103N22O36P7S7. The third kappa shape index (κ3) is 27.5. The van der Waals surface area contributed by atoms with Crippen LogP contribution in [0.4, 0.5) is 23.3 Å². The summed E-state index contributed by atoms with van der Waals surface area (Å²) >= 11 is 29.8. The van der Waals surface area contributed by atoms with Gasteiger partial charge in [-0.15, -0.1) is 0 Å². The Bertz CT molecular complexity index is 7260. The number of aromatic amines is 3. The molecule has 12 N–H and O–H groups in total. The van der Waals surface area contributed by atoms with Crippen LogP contribution >= 0.6 is 134 Å². The Balaban J connectivity index is 0.550. The third-order valence-corrected chi connectivity index (χ3v) is 35.4. The number of fused-ring (bicyclic) bond motifs is 2. The number of nitrogen functional groups attached to an aromatic ring is 4. The Morgan fingerprint density at radius 1 is 0.395 bits per heavy atom. The second-order valence-electron chi connectivity index (χ2n) is 34.9. The maximum Gasteiger partial charge on any atom is 0.386 e. The minimum absolute atomic E-state index is 0.0281. The highest BCUT2D eigenvalue weighted by molar-refractivity contribution is 8.46. The highest BCUT2D eigenvalue weighted by Gasteiger charge is 2.53. The van der Waals surface area contributed by atoms with Crippen molar-refractivity contribution in [3.63, 3.8) is 0 Å². The van der Waals surface area contributed by atoms with E-state index in [-0.39, 0.29) is 120 Å². The summed E-state index contributed by atoms with van der Waals surface area (Å²) in [5.41, 5.74) is 19.8. The minimum Gasteiger partial charge on any atom is -0.394 e. The Kier molecular flexibility index (Phi) is 36.0. The molecular weight excluding hydrogens is 2230 g/mol. The summed E-state index contributed by atoms with van der Waals surface area (Å²) in [5, 5.41) is 10.3. The lowest BCUT2D eigenvalue weighted by Crippen LogP contribution is -2.38. The fraction of sp³-hybridized carbons (Fsp3) is 0.600. The van der Waals surface area contributed by atoms with Crippen molar-refractivity contribution in [1.82, 2.24) is 86.8 Å². The first-order chi connectivity index (χ1) is 69.4. The fourth-order valence-electron chi connectivity index (χ4n) is 17.4. The van der Waals surface area contributed by atoms with E-state index in [9.17, 15) is 75.4 Å². The summed E-state index contributed by atoms with van der Waals surface area (Å²) in [4.78, 5) is 144. The number of aliphatic hydroxyl groups is 1. The second kappa shape index (κ2) is 46.9. The van der Waals surface area contributed by atoms with Gasteiger partial charge in [0, 0.05) is 97.3 Å². The summed E-state index contributed by atoms with van der Waals surface area (Å²) in [7, 11) is -2.94. The zero-order chi connectivity index (χ0) is 106. The molecule has 0 radical (unpaired) electrons. The number of nitrogens with two attached hydrogens (primary N) is 4. The molecule has 7 aliphatic heterocycles. The summed E-state index contributed by atoms with van der Waals surface area (Å²) in [6.45, 7) is -25.2. The molecule has 0 spiro atoms. The zero-order valence-electron chi connectivity index (χ0n) is 77.8. The van der Waals surface area contributed by atoms with Gasteiger partial charge in [0.05, 0.1) is 89.9 Å². The van der Waals surface area contributed by atoms with E-state index >= 15 is 0 Å². The summed E-state index contributed by atoms with van der Waals surface area (Å²) < 4.78 is 229. The average molecular weight is 2330 g/mol. The van der Waals surface area contributed by atoms with Crippen LogP contribution in [0.25, 0.3) is 22.3 Å². The first-order valence-corrected chi connectivity index (χ1v) is 63.7. The Hall–Kier alpha value is -6.68. The van der Waals surface area contributed by atoms with E-state index in [4.69, 9.17) is 115 Å². The predicted molar refractivity (Wildman–Crippen MR) is 540 cm³/mol. The van der Waals surface area contributed by atoms with Crippen LogP contribution in [0.5, 0.6) is 0 Å². The number of nitrogens with zero attached hydrogens (tertiary/aromatic N) is 15. The van der Waals surface area contributed by atoms with E-state index < -0.39 is 268 Å². The highest BCUT2D eigenvalue weighted by atomic mass is 32.7. The first-order valence-electron chi connectivity index (χ1n) is 44.9. The molecule has 806 valence electrons. The average Bonchev–Trinajstić information content (AvgIpc) is 1.63. The predicted octanol–water partition coefficient (Wildman–Crippen LogP) is 6.65. The molecule has 7 saturated heterocycles. The Morgan fingerprint density at radius 3 is 1.14 bits per heavy atom. The van der Waals surface area contributed by atoms with Crippen molar-refractivity contribution in [3.8, 4) is 0 Å². The third-order valence-electron chi connectivity index (χ3n) is 24.8. The number of unbranched alkanes of at least 4 members (excludes halogenated alkanes) is 3. The van der Waals surface area contributed by atoms with E-state index in [0.717, 1.165) is 22.8 Å². The van der Waals surface area contributed by atoms with Gasteiger partial charge >= 0.3 is 69.2 Å². The van der Waals surface area contributed by atoms with Crippen LogP contribution in [0.2, 0.25) is 0 Å². The number of nitrogens with one attached hydrogen (secondary N) is 3.